The van der Waals surface area contributed by atoms with Crippen molar-refractivity contribution in [2.75, 3.05) is 6.61 Å². The van der Waals surface area contributed by atoms with Crippen LogP contribution in [0, 0.1) is 50.2 Å². The summed E-state index contributed by atoms with van der Waals surface area (Å²) in [5, 5.41) is 31.8. The number of hydrogen-bond acceptors (Lipinski definition) is 3. The number of fused-ring (bicyclic) bond motifs is 7. The van der Waals surface area contributed by atoms with Gasteiger partial charge in [-0.05, 0) is 104 Å². The molecule has 4 heteroatoms. The minimum atomic E-state index is -0.588. The highest BCUT2D eigenvalue weighted by molar-refractivity contribution is 5.76. The van der Waals surface area contributed by atoms with Crippen LogP contribution in [0.1, 0.15) is 106 Å². The molecule has 192 valence electrons. The van der Waals surface area contributed by atoms with Crippen LogP contribution in [-0.2, 0) is 4.79 Å². The Morgan fingerprint density at radius 3 is 2.26 bits per heavy atom. The highest BCUT2D eigenvalue weighted by Crippen LogP contribution is 2.75. The van der Waals surface area contributed by atoms with E-state index in [4.69, 9.17) is 0 Å². The van der Waals surface area contributed by atoms with Crippen LogP contribution in [0.15, 0.2) is 11.6 Å². The molecule has 34 heavy (non-hydrogen) atoms. The Morgan fingerprint density at radius 1 is 0.941 bits per heavy atom. The molecule has 3 N–H and O–H groups in total. The van der Waals surface area contributed by atoms with E-state index in [1.807, 2.05) is 0 Å². The highest BCUT2D eigenvalue weighted by atomic mass is 16.4. The monoisotopic (exact) mass is 472 g/mol. The van der Waals surface area contributed by atoms with Crippen molar-refractivity contribution in [2.24, 2.45) is 50.2 Å². The molecule has 0 amide bonds. The van der Waals surface area contributed by atoms with E-state index < -0.39 is 22.9 Å². The van der Waals surface area contributed by atoms with Crippen molar-refractivity contribution in [3.8, 4) is 0 Å². The lowest BCUT2D eigenvalue weighted by Gasteiger charge is -2.71. The van der Waals surface area contributed by atoms with E-state index in [-0.39, 0.29) is 34.2 Å². The molecule has 5 rings (SSSR count). The molecule has 0 aromatic carbocycles. The van der Waals surface area contributed by atoms with Gasteiger partial charge in [-0.25, -0.2) is 0 Å². The molecule has 0 aromatic heterocycles. The van der Waals surface area contributed by atoms with Crippen LogP contribution >= 0.6 is 0 Å². The van der Waals surface area contributed by atoms with Crippen molar-refractivity contribution < 1.29 is 20.1 Å². The second kappa shape index (κ2) is 7.34. The predicted molar refractivity (Wildman–Crippen MR) is 134 cm³/mol. The van der Waals surface area contributed by atoms with Crippen LogP contribution < -0.4 is 0 Å². The molecule has 0 radical (unpaired) electrons. The maximum Gasteiger partial charge on any atom is 0.310 e. The number of rotatable bonds is 2. The van der Waals surface area contributed by atoms with Crippen LogP contribution in [-0.4, -0.2) is 34.0 Å². The summed E-state index contributed by atoms with van der Waals surface area (Å²) in [5.74, 6) is 0.395. The largest absolute Gasteiger partial charge is 0.481 e. The lowest BCUT2D eigenvalue weighted by molar-refractivity contribution is -0.216. The second-order valence-electron chi connectivity index (χ2n) is 14.9. The lowest BCUT2D eigenvalue weighted by Crippen LogP contribution is -2.65. The van der Waals surface area contributed by atoms with Gasteiger partial charge in [0.05, 0.1) is 18.1 Å². The molecule has 4 fully saturated rings. The molecule has 0 saturated heterocycles. The fraction of sp³-hybridized carbons (Fsp3) is 0.900. The zero-order valence-electron chi connectivity index (χ0n) is 22.4. The number of aliphatic hydroxyl groups excluding tert-OH is 2. The Morgan fingerprint density at radius 2 is 1.62 bits per heavy atom. The molecule has 0 aliphatic heterocycles. The van der Waals surface area contributed by atoms with Crippen LogP contribution in [0.4, 0.5) is 0 Å². The summed E-state index contributed by atoms with van der Waals surface area (Å²) in [5.41, 5.74) is 0.858. The zero-order chi connectivity index (χ0) is 24.9. The van der Waals surface area contributed by atoms with E-state index >= 15 is 0 Å². The van der Waals surface area contributed by atoms with Crippen molar-refractivity contribution in [1.29, 1.82) is 0 Å². The summed E-state index contributed by atoms with van der Waals surface area (Å²) in [6.45, 7) is 14.3. The van der Waals surface area contributed by atoms with Crippen molar-refractivity contribution >= 4 is 5.97 Å². The molecule has 0 heterocycles. The molecular formula is C30H48O4. The molecule has 0 bridgehead atoms. The Labute approximate surface area is 206 Å². The van der Waals surface area contributed by atoms with Gasteiger partial charge >= 0.3 is 5.97 Å². The summed E-state index contributed by atoms with van der Waals surface area (Å²) in [6.07, 6.45) is 11.6. The Hall–Kier alpha value is -0.870. The summed E-state index contributed by atoms with van der Waals surface area (Å²) < 4.78 is 0. The maximum atomic E-state index is 12.8. The van der Waals surface area contributed by atoms with Crippen LogP contribution in [0.5, 0.6) is 0 Å². The first kappa shape index (κ1) is 24.8. The fourth-order valence-electron chi connectivity index (χ4n) is 10.7. The summed E-state index contributed by atoms with van der Waals surface area (Å²) >= 11 is 0. The first-order chi connectivity index (χ1) is 15.7. The van der Waals surface area contributed by atoms with Crippen LogP contribution in [0.25, 0.3) is 0 Å². The van der Waals surface area contributed by atoms with Crippen molar-refractivity contribution in [3.05, 3.63) is 11.6 Å². The number of carboxylic acids is 1. The third kappa shape index (κ3) is 2.88. The number of hydrogen-bond donors (Lipinski definition) is 3. The number of carboxylic acid groups (broad SMARTS) is 1. The van der Waals surface area contributed by atoms with Crippen LogP contribution in [0.3, 0.4) is 0 Å². The van der Waals surface area contributed by atoms with Gasteiger partial charge in [-0.1, -0.05) is 53.2 Å². The zero-order valence-corrected chi connectivity index (χ0v) is 22.4. The van der Waals surface area contributed by atoms with Gasteiger partial charge < -0.3 is 15.3 Å². The van der Waals surface area contributed by atoms with Crippen LogP contribution in [0.2, 0.25) is 0 Å². The molecule has 0 aromatic rings. The molecule has 0 unspecified atom stereocenters. The standard InChI is InChI=1S/C30H48O4/c1-25(2)13-15-30(24(33)34)16-14-28(5)19(20(30)17-25)7-8-22-26(3)11-10-23(32)27(4,18-31)21(26)9-12-29(22,28)6/h7,20-23,31-32H,8-18H2,1-6H3,(H,33,34)/t20-,21+,22+,23-,26+,27+,28+,29+,30-/m0/s1. The van der Waals surface area contributed by atoms with Gasteiger partial charge in [0.25, 0.3) is 0 Å². The molecular weight excluding hydrogens is 424 g/mol. The van der Waals surface area contributed by atoms with E-state index in [0.717, 1.165) is 64.2 Å². The quantitative estimate of drug-likeness (QED) is 0.418. The Kier molecular flexibility index (Phi) is 5.36. The van der Waals surface area contributed by atoms with Crippen molar-refractivity contribution in [2.45, 2.75) is 112 Å². The normalized spacial score (nSPS) is 54.1. The average molecular weight is 473 g/mol. The minimum Gasteiger partial charge on any atom is -0.481 e. The smallest absolute Gasteiger partial charge is 0.310 e. The fourth-order valence-corrected chi connectivity index (χ4v) is 10.7. The third-order valence-electron chi connectivity index (χ3n) is 13.2. The number of carbonyl (C=O) groups is 1. The lowest BCUT2D eigenvalue weighted by atomic mass is 9.33. The maximum absolute atomic E-state index is 12.8. The van der Waals surface area contributed by atoms with Gasteiger partial charge in [0.2, 0.25) is 0 Å². The molecule has 4 saturated carbocycles. The van der Waals surface area contributed by atoms with Gasteiger partial charge in [-0.15, -0.1) is 0 Å². The predicted octanol–water partition coefficient (Wildman–Crippen LogP) is 6.21. The van der Waals surface area contributed by atoms with Crippen molar-refractivity contribution in [3.63, 3.8) is 0 Å². The van der Waals surface area contributed by atoms with Gasteiger partial charge in [0, 0.05) is 5.41 Å². The Bertz CT molecular complexity index is 907. The van der Waals surface area contributed by atoms with E-state index in [2.05, 4.69) is 47.6 Å². The number of aliphatic hydroxyl groups is 2. The molecule has 4 nitrogen and oxygen atoms in total. The highest BCUT2D eigenvalue weighted by Gasteiger charge is 2.69. The number of aliphatic carboxylic acids is 1. The van der Waals surface area contributed by atoms with E-state index in [0.29, 0.717) is 11.8 Å². The SMILES string of the molecule is CC1(C)CC[C@]2(C(=O)O)CC[C@]3(C)C(=CC[C@@H]4[C@]5(C)CC[C@H](O)[C@](C)(CO)[C@@H]5CC[C@]43C)[C@@H]2C1. The first-order valence-corrected chi connectivity index (χ1v) is 13.9. The first-order valence-electron chi connectivity index (χ1n) is 13.9. The van der Waals surface area contributed by atoms with E-state index in [1.165, 1.54) is 5.57 Å². The number of allylic oxidation sites excluding steroid dienone is 2. The topological polar surface area (TPSA) is 77.8 Å². The second-order valence-corrected chi connectivity index (χ2v) is 14.9. The Balaban J connectivity index is 1.60. The van der Waals surface area contributed by atoms with Gasteiger partial charge in [0.1, 0.15) is 0 Å². The molecule has 5 aliphatic carbocycles. The minimum absolute atomic E-state index is 0.0204. The molecule has 5 aliphatic rings. The van der Waals surface area contributed by atoms with Gasteiger partial charge in [0.15, 0.2) is 0 Å². The van der Waals surface area contributed by atoms with E-state index in [1.54, 1.807) is 0 Å². The summed E-state index contributed by atoms with van der Waals surface area (Å²) in [4.78, 5) is 12.8. The van der Waals surface area contributed by atoms with Crippen molar-refractivity contribution in [1.82, 2.24) is 0 Å². The summed E-state index contributed by atoms with van der Waals surface area (Å²) in [6, 6.07) is 0. The molecule has 0 spiro atoms. The van der Waals surface area contributed by atoms with E-state index in [9.17, 15) is 20.1 Å². The third-order valence-corrected chi connectivity index (χ3v) is 13.2. The van der Waals surface area contributed by atoms with Gasteiger partial charge in [-0.3, -0.25) is 4.79 Å². The van der Waals surface area contributed by atoms with Gasteiger partial charge in [-0.2, -0.15) is 0 Å². The molecule has 9 atom stereocenters. The average Bonchev–Trinajstić information content (AvgIpc) is 2.76. The summed E-state index contributed by atoms with van der Waals surface area (Å²) in [7, 11) is 0.